The first kappa shape index (κ1) is 13.5. The highest BCUT2D eigenvalue weighted by Gasteiger charge is 2.48. The summed E-state index contributed by atoms with van der Waals surface area (Å²) in [5.74, 6) is 0.849. The maximum absolute atomic E-state index is 6.21. The summed E-state index contributed by atoms with van der Waals surface area (Å²) in [7, 11) is 0. The summed E-state index contributed by atoms with van der Waals surface area (Å²) in [5.41, 5.74) is 3.17. The first-order valence-electron chi connectivity index (χ1n) is 7.65. The molecule has 0 aromatic heterocycles. The largest absolute Gasteiger partial charge is 0.302 e. The Labute approximate surface area is 121 Å². The van der Waals surface area contributed by atoms with Gasteiger partial charge in [-0.15, -0.1) is 0 Å². The fourth-order valence-electron chi connectivity index (χ4n) is 4.23. The Morgan fingerprint density at radius 3 is 2.95 bits per heavy atom. The van der Waals surface area contributed by atoms with Crippen molar-refractivity contribution in [1.29, 1.82) is 0 Å². The van der Waals surface area contributed by atoms with Crippen molar-refractivity contribution in [2.75, 3.05) is 19.6 Å². The lowest BCUT2D eigenvalue weighted by molar-refractivity contribution is 0.241. The molecule has 2 aliphatic rings. The van der Waals surface area contributed by atoms with Crippen molar-refractivity contribution in [3.05, 3.63) is 34.3 Å². The lowest BCUT2D eigenvalue weighted by Crippen LogP contribution is -2.38. The Balaban J connectivity index is 2.00. The molecule has 3 rings (SSSR count). The average Bonchev–Trinajstić information content (AvgIpc) is 2.81. The third-order valence-electron chi connectivity index (χ3n) is 5.37. The molecular weight excluding hydrogens is 254 g/mol. The number of rotatable bonds is 2. The van der Waals surface area contributed by atoms with E-state index in [1.807, 2.05) is 0 Å². The second-order valence-corrected chi connectivity index (χ2v) is 6.80. The minimum absolute atomic E-state index is 0.406. The van der Waals surface area contributed by atoms with Gasteiger partial charge in [0.05, 0.1) is 0 Å². The topological polar surface area (TPSA) is 3.24 Å². The Hall–Kier alpha value is -0.530. The van der Waals surface area contributed by atoms with E-state index in [9.17, 15) is 0 Å². The Bertz CT molecular complexity index is 470. The number of hydrogen-bond donors (Lipinski definition) is 0. The van der Waals surface area contributed by atoms with Crippen LogP contribution in [-0.4, -0.2) is 24.5 Å². The molecule has 2 heteroatoms. The Morgan fingerprint density at radius 2 is 2.21 bits per heavy atom. The molecule has 1 nitrogen and oxygen atoms in total. The number of hydrogen-bond acceptors (Lipinski definition) is 1. The third kappa shape index (κ3) is 2.21. The zero-order chi connectivity index (χ0) is 13.5. The van der Waals surface area contributed by atoms with Crippen LogP contribution in [0.4, 0.5) is 0 Å². The predicted molar refractivity (Wildman–Crippen MR) is 81.9 cm³/mol. The predicted octanol–water partition coefficient (Wildman–Crippen LogP) is 4.41. The van der Waals surface area contributed by atoms with Crippen LogP contribution in [0.5, 0.6) is 0 Å². The third-order valence-corrected chi connectivity index (χ3v) is 5.80. The molecule has 0 spiro atoms. The molecule has 2 fully saturated rings. The van der Waals surface area contributed by atoms with E-state index in [0.29, 0.717) is 5.41 Å². The van der Waals surface area contributed by atoms with E-state index >= 15 is 0 Å². The molecule has 1 aliphatic carbocycles. The first-order chi connectivity index (χ1) is 9.15. The average molecular weight is 278 g/mol. The smallest absolute Gasteiger partial charge is 0.0435 e. The van der Waals surface area contributed by atoms with Crippen molar-refractivity contribution < 1.29 is 0 Å². The molecule has 104 valence electrons. The van der Waals surface area contributed by atoms with Crippen LogP contribution in [0.1, 0.15) is 43.7 Å². The number of halogens is 1. The van der Waals surface area contributed by atoms with Crippen LogP contribution in [0.25, 0.3) is 0 Å². The quantitative estimate of drug-likeness (QED) is 0.774. The summed E-state index contributed by atoms with van der Waals surface area (Å²) in [5, 5.41) is 0.901. The van der Waals surface area contributed by atoms with E-state index in [1.54, 1.807) is 0 Å². The van der Waals surface area contributed by atoms with Crippen LogP contribution < -0.4 is 0 Å². The molecular formula is C17H24ClN. The molecule has 1 unspecified atom stereocenters. The second kappa shape index (κ2) is 5.10. The summed E-state index contributed by atoms with van der Waals surface area (Å²) in [4.78, 5) is 2.64. The lowest BCUT2D eigenvalue weighted by atomic mass is 9.64. The Morgan fingerprint density at radius 1 is 1.37 bits per heavy atom. The highest BCUT2D eigenvalue weighted by molar-refractivity contribution is 6.31. The monoisotopic (exact) mass is 277 g/mol. The maximum atomic E-state index is 6.21. The van der Waals surface area contributed by atoms with Gasteiger partial charge < -0.3 is 4.90 Å². The first-order valence-corrected chi connectivity index (χ1v) is 8.02. The number of fused-ring (bicyclic) bond motifs is 1. The number of likely N-dealkylation sites (N-methyl/N-ethyl adjacent to an activating group) is 1. The molecule has 1 aromatic rings. The summed E-state index contributed by atoms with van der Waals surface area (Å²) in [6.07, 6.45) is 5.56. The van der Waals surface area contributed by atoms with E-state index in [0.717, 1.165) is 10.9 Å². The van der Waals surface area contributed by atoms with E-state index in [4.69, 9.17) is 11.6 Å². The SMILES string of the molecule is CCN1CC2CCCC[C@@]2(c2ccc(Cl)c(C)c2)C1. The number of aryl methyl sites for hydroxylation is 1. The van der Waals surface area contributed by atoms with Gasteiger partial charge in [0.2, 0.25) is 0 Å². The normalized spacial score (nSPS) is 31.4. The molecule has 0 N–H and O–H groups in total. The van der Waals surface area contributed by atoms with Gasteiger partial charge in [0.25, 0.3) is 0 Å². The van der Waals surface area contributed by atoms with Gasteiger partial charge in [-0.25, -0.2) is 0 Å². The molecule has 1 saturated heterocycles. The van der Waals surface area contributed by atoms with Gasteiger partial charge in [-0.3, -0.25) is 0 Å². The molecule has 1 aliphatic heterocycles. The van der Waals surface area contributed by atoms with Gasteiger partial charge in [0.15, 0.2) is 0 Å². The summed E-state index contributed by atoms with van der Waals surface area (Å²) >= 11 is 6.21. The standard InChI is InChI=1S/C17H24ClN/c1-3-19-11-15-6-4-5-9-17(15,12-19)14-7-8-16(18)13(2)10-14/h7-8,10,15H,3-6,9,11-12H2,1-2H3/t15?,17-/m0/s1. The van der Waals surface area contributed by atoms with Crippen molar-refractivity contribution in [3.63, 3.8) is 0 Å². The van der Waals surface area contributed by atoms with Gasteiger partial charge in [-0.05, 0) is 49.4 Å². The summed E-state index contributed by atoms with van der Waals surface area (Å²) in [6.45, 7) is 8.14. The van der Waals surface area contributed by atoms with Crippen LogP contribution in [0.2, 0.25) is 5.02 Å². The van der Waals surface area contributed by atoms with Gasteiger partial charge >= 0.3 is 0 Å². The Kier molecular flexibility index (Phi) is 3.61. The van der Waals surface area contributed by atoms with Crippen LogP contribution in [-0.2, 0) is 5.41 Å². The van der Waals surface area contributed by atoms with Gasteiger partial charge in [0, 0.05) is 23.5 Å². The van der Waals surface area contributed by atoms with Crippen LogP contribution in [0.15, 0.2) is 18.2 Å². The summed E-state index contributed by atoms with van der Waals surface area (Å²) < 4.78 is 0. The minimum atomic E-state index is 0.406. The number of benzene rings is 1. The van der Waals surface area contributed by atoms with Gasteiger partial charge in [0.1, 0.15) is 0 Å². The maximum Gasteiger partial charge on any atom is 0.0435 e. The molecule has 1 heterocycles. The van der Waals surface area contributed by atoms with Crippen molar-refractivity contribution in [3.8, 4) is 0 Å². The lowest BCUT2D eigenvalue weighted by Gasteiger charge is -2.39. The molecule has 0 radical (unpaired) electrons. The fraction of sp³-hybridized carbons (Fsp3) is 0.647. The van der Waals surface area contributed by atoms with E-state index < -0.39 is 0 Å². The van der Waals surface area contributed by atoms with Crippen molar-refractivity contribution in [1.82, 2.24) is 4.90 Å². The zero-order valence-corrected chi connectivity index (χ0v) is 12.8. The second-order valence-electron chi connectivity index (χ2n) is 6.39. The van der Waals surface area contributed by atoms with E-state index in [-0.39, 0.29) is 0 Å². The molecule has 0 bridgehead atoms. The highest BCUT2D eigenvalue weighted by Crippen LogP contribution is 2.48. The molecule has 0 amide bonds. The minimum Gasteiger partial charge on any atom is -0.302 e. The van der Waals surface area contributed by atoms with Crippen molar-refractivity contribution >= 4 is 11.6 Å². The summed E-state index contributed by atoms with van der Waals surface area (Å²) in [6, 6.07) is 6.73. The number of likely N-dealkylation sites (tertiary alicyclic amines) is 1. The van der Waals surface area contributed by atoms with Gasteiger partial charge in [-0.1, -0.05) is 43.5 Å². The zero-order valence-electron chi connectivity index (χ0n) is 12.1. The van der Waals surface area contributed by atoms with Crippen molar-refractivity contribution in [2.45, 2.75) is 44.9 Å². The molecule has 2 atom stereocenters. The molecule has 1 saturated carbocycles. The van der Waals surface area contributed by atoms with E-state index in [2.05, 4.69) is 36.9 Å². The van der Waals surface area contributed by atoms with Crippen LogP contribution in [0, 0.1) is 12.8 Å². The van der Waals surface area contributed by atoms with Gasteiger partial charge in [-0.2, -0.15) is 0 Å². The van der Waals surface area contributed by atoms with Crippen LogP contribution in [0.3, 0.4) is 0 Å². The fourth-order valence-corrected chi connectivity index (χ4v) is 4.35. The highest BCUT2D eigenvalue weighted by atomic mass is 35.5. The molecule has 19 heavy (non-hydrogen) atoms. The van der Waals surface area contributed by atoms with Crippen LogP contribution >= 0.6 is 11.6 Å². The van der Waals surface area contributed by atoms with E-state index in [1.165, 1.54) is 56.4 Å². The molecule has 1 aromatic carbocycles. The number of nitrogens with zero attached hydrogens (tertiary/aromatic N) is 1. The van der Waals surface area contributed by atoms with Crippen molar-refractivity contribution in [2.24, 2.45) is 5.92 Å².